The van der Waals surface area contributed by atoms with Crippen molar-refractivity contribution >= 4 is 24.1 Å². The lowest BCUT2D eigenvalue weighted by Crippen LogP contribution is -2.34. The molecule has 0 N–H and O–H groups in total. The number of carbonyl (C=O) groups is 2. The van der Waals surface area contributed by atoms with E-state index in [4.69, 9.17) is 0 Å². The molecular formula is C6H3N4O2. The van der Waals surface area contributed by atoms with Crippen LogP contribution in [0.4, 0.5) is 0 Å². The second-order valence-corrected chi connectivity index (χ2v) is 2.11. The quantitative estimate of drug-likeness (QED) is 0.422. The Morgan fingerprint density at radius 1 is 1.17 bits per heavy atom. The number of nitrogens with zero attached hydrogens (tertiary/aromatic N) is 4. The Kier molecular flexibility index (Phi) is 1.26. The van der Waals surface area contributed by atoms with Gasteiger partial charge in [0.05, 0.1) is 0 Å². The zero-order chi connectivity index (χ0) is 8.55. The molecule has 2 aliphatic rings. The fraction of sp³-hybridized carbons (Fsp3) is 0. The maximum absolute atomic E-state index is 11.0. The van der Waals surface area contributed by atoms with Crippen molar-refractivity contribution in [3.05, 3.63) is 12.2 Å². The van der Waals surface area contributed by atoms with Gasteiger partial charge in [-0.1, -0.05) is 0 Å². The molecule has 0 aromatic heterocycles. The van der Waals surface area contributed by atoms with Gasteiger partial charge >= 0.3 is 0 Å². The first-order chi connectivity index (χ1) is 5.79. The van der Waals surface area contributed by atoms with Gasteiger partial charge in [0.15, 0.2) is 0 Å². The first-order valence-corrected chi connectivity index (χ1v) is 3.15. The fourth-order valence-electron chi connectivity index (χ4n) is 0.881. The number of rotatable bonds is 0. The van der Waals surface area contributed by atoms with Gasteiger partial charge in [0, 0.05) is 12.2 Å². The number of amides is 2. The Hall–Kier alpha value is -1.98. The van der Waals surface area contributed by atoms with Crippen LogP contribution >= 0.6 is 0 Å². The molecule has 2 amide bonds. The fourth-order valence-corrected chi connectivity index (χ4v) is 0.881. The molecule has 2 heterocycles. The number of guanidine groups is 1. The van der Waals surface area contributed by atoms with E-state index in [0.29, 0.717) is 0 Å². The van der Waals surface area contributed by atoms with Gasteiger partial charge in [0.25, 0.3) is 17.8 Å². The van der Waals surface area contributed by atoms with Crippen LogP contribution in [0, 0.1) is 0 Å². The van der Waals surface area contributed by atoms with E-state index in [9.17, 15) is 9.59 Å². The highest BCUT2D eigenvalue weighted by Crippen LogP contribution is 2.06. The van der Waals surface area contributed by atoms with E-state index in [2.05, 4.69) is 15.5 Å². The standard InChI is InChI=1S/C6H3N4O2/c11-4-1-2-5(12)10(4)6-7-3-8-9-6/h1-3H. The molecule has 6 nitrogen and oxygen atoms in total. The number of hydrogen-bond donors (Lipinski definition) is 0. The summed E-state index contributed by atoms with van der Waals surface area (Å²) in [5.41, 5.74) is 3.40. The van der Waals surface area contributed by atoms with E-state index < -0.39 is 11.8 Å². The van der Waals surface area contributed by atoms with Crippen molar-refractivity contribution in [1.29, 1.82) is 0 Å². The topological polar surface area (TPSA) is 76.2 Å². The van der Waals surface area contributed by atoms with Crippen LogP contribution < -0.4 is 5.43 Å². The number of imide groups is 1. The molecule has 0 atom stereocenters. The molecule has 0 spiro atoms. The molecule has 0 aliphatic carbocycles. The minimum Gasteiger partial charge on any atom is -0.269 e. The lowest BCUT2D eigenvalue weighted by Gasteiger charge is -2.07. The first-order valence-electron chi connectivity index (χ1n) is 3.15. The summed E-state index contributed by atoms with van der Waals surface area (Å²) in [4.78, 5) is 26.5. The molecule has 1 radical (unpaired) electrons. The maximum Gasteiger partial charge on any atom is 0.261 e. The van der Waals surface area contributed by atoms with E-state index in [-0.39, 0.29) is 5.96 Å². The van der Waals surface area contributed by atoms with Gasteiger partial charge in [-0.2, -0.15) is 4.99 Å². The molecule has 6 heteroatoms. The van der Waals surface area contributed by atoms with Crippen molar-refractivity contribution in [2.45, 2.75) is 0 Å². The zero-order valence-electron chi connectivity index (χ0n) is 5.84. The van der Waals surface area contributed by atoms with Crippen LogP contribution in [0.2, 0.25) is 0 Å². The average molecular weight is 163 g/mol. The third-order valence-electron chi connectivity index (χ3n) is 1.38. The number of hydrogen-bond acceptors (Lipinski definition) is 4. The van der Waals surface area contributed by atoms with E-state index in [0.717, 1.165) is 4.90 Å². The predicted molar refractivity (Wildman–Crippen MR) is 39.1 cm³/mol. The summed E-state index contributed by atoms with van der Waals surface area (Å²) in [5, 5.41) is 3.48. The SMILES string of the molecule is O=C1C=CC(=O)N1C1=N[N]C=N1. The highest BCUT2D eigenvalue weighted by molar-refractivity contribution is 6.24. The zero-order valence-corrected chi connectivity index (χ0v) is 5.84. The van der Waals surface area contributed by atoms with Gasteiger partial charge < -0.3 is 0 Å². The third kappa shape index (κ3) is 0.815. The van der Waals surface area contributed by atoms with Gasteiger partial charge in [0.1, 0.15) is 6.34 Å². The van der Waals surface area contributed by atoms with Crippen LogP contribution in [-0.4, -0.2) is 29.0 Å². The molecule has 0 saturated heterocycles. The highest BCUT2D eigenvalue weighted by Gasteiger charge is 2.29. The van der Waals surface area contributed by atoms with E-state index in [1.807, 2.05) is 0 Å². The Bertz CT molecular complexity index is 323. The smallest absolute Gasteiger partial charge is 0.261 e. The van der Waals surface area contributed by atoms with Crippen molar-refractivity contribution in [2.75, 3.05) is 0 Å². The first kappa shape index (κ1) is 6.71. The summed E-state index contributed by atoms with van der Waals surface area (Å²) in [5.74, 6) is -0.851. The van der Waals surface area contributed by atoms with Gasteiger partial charge in [-0.05, 0) is 0 Å². The van der Waals surface area contributed by atoms with Crippen molar-refractivity contribution in [2.24, 2.45) is 10.1 Å². The summed E-state index contributed by atoms with van der Waals surface area (Å²) in [6.07, 6.45) is 3.51. The van der Waals surface area contributed by atoms with E-state index in [1.54, 1.807) is 0 Å². The summed E-state index contributed by atoms with van der Waals surface area (Å²) in [6.45, 7) is 0. The van der Waals surface area contributed by atoms with Crippen LogP contribution in [0.3, 0.4) is 0 Å². The van der Waals surface area contributed by atoms with E-state index in [1.165, 1.54) is 18.5 Å². The lowest BCUT2D eigenvalue weighted by molar-refractivity contribution is -0.132. The third-order valence-corrected chi connectivity index (χ3v) is 1.38. The molecule has 2 aliphatic heterocycles. The Balaban J connectivity index is 2.30. The number of aliphatic imine (C=N–C) groups is 1. The molecule has 0 unspecified atom stereocenters. The van der Waals surface area contributed by atoms with Crippen molar-refractivity contribution in [3.63, 3.8) is 0 Å². The maximum atomic E-state index is 11.0. The van der Waals surface area contributed by atoms with Crippen molar-refractivity contribution in [3.8, 4) is 0 Å². The monoisotopic (exact) mass is 163 g/mol. The van der Waals surface area contributed by atoms with Crippen molar-refractivity contribution < 1.29 is 9.59 Å². The lowest BCUT2D eigenvalue weighted by atomic mass is 10.6. The van der Waals surface area contributed by atoms with Gasteiger partial charge in [0.2, 0.25) is 0 Å². The second kappa shape index (κ2) is 2.26. The Morgan fingerprint density at radius 2 is 1.83 bits per heavy atom. The minimum absolute atomic E-state index is 0.0231. The molecule has 0 aromatic carbocycles. The normalized spacial score (nSPS) is 20.3. The van der Waals surface area contributed by atoms with Crippen molar-refractivity contribution in [1.82, 2.24) is 10.3 Å². The van der Waals surface area contributed by atoms with Gasteiger partial charge in [-0.25, -0.2) is 4.90 Å². The summed E-state index contributed by atoms with van der Waals surface area (Å²) in [7, 11) is 0. The van der Waals surface area contributed by atoms with Crippen LogP contribution in [0.25, 0.3) is 0 Å². The number of carbonyl (C=O) groups excluding carboxylic acids is 2. The Morgan fingerprint density at radius 3 is 2.33 bits per heavy atom. The average Bonchev–Trinajstić information content (AvgIpc) is 2.61. The Labute approximate surface area is 67.3 Å². The molecule has 2 rings (SSSR count). The molecular weight excluding hydrogens is 160 g/mol. The van der Waals surface area contributed by atoms with Crippen LogP contribution in [0.5, 0.6) is 0 Å². The largest absolute Gasteiger partial charge is 0.269 e. The molecule has 0 bridgehead atoms. The van der Waals surface area contributed by atoms with Crippen LogP contribution in [0.1, 0.15) is 0 Å². The molecule has 0 saturated carbocycles. The minimum atomic E-state index is -0.437. The summed E-state index contributed by atoms with van der Waals surface area (Å²) >= 11 is 0. The molecule has 0 aromatic rings. The van der Waals surface area contributed by atoms with Gasteiger partial charge in [-0.3, -0.25) is 9.59 Å². The molecule has 12 heavy (non-hydrogen) atoms. The summed E-state index contributed by atoms with van der Waals surface area (Å²) in [6, 6.07) is 0. The van der Waals surface area contributed by atoms with Crippen LogP contribution in [0.15, 0.2) is 22.2 Å². The molecule has 0 fully saturated rings. The summed E-state index contributed by atoms with van der Waals surface area (Å²) < 4.78 is 0. The predicted octanol–water partition coefficient (Wildman–Crippen LogP) is -1.17. The van der Waals surface area contributed by atoms with Crippen LogP contribution in [-0.2, 0) is 9.59 Å². The second-order valence-electron chi connectivity index (χ2n) is 2.11. The van der Waals surface area contributed by atoms with Gasteiger partial charge in [-0.15, -0.1) is 10.5 Å². The molecule has 59 valence electrons. The van der Waals surface area contributed by atoms with E-state index >= 15 is 0 Å². The highest BCUT2D eigenvalue weighted by atomic mass is 16.2.